The van der Waals surface area contributed by atoms with Crippen molar-refractivity contribution in [1.29, 1.82) is 0 Å². The molecule has 0 aliphatic carbocycles. The molecule has 0 fully saturated rings. The molecule has 8 heteroatoms. The molecule has 0 amide bonds. The third kappa shape index (κ3) is 3.54. The lowest BCUT2D eigenvalue weighted by molar-refractivity contribution is 0.635. The van der Waals surface area contributed by atoms with Crippen molar-refractivity contribution >= 4 is 17.8 Å². The summed E-state index contributed by atoms with van der Waals surface area (Å²) in [6, 6.07) is 0. The van der Waals surface area contributed by atoms with Crippen LogP contribution in [0.3, 0.4) is 0 Å². The van der Waals surface area contributed by atoms with E-state index in [2.05, 4.69) is 25.4 Å². The van der Waals surface area contributed by atoms with Crippen molar-refractivity contribution in [1.82, 2.24) is 24.7 Å². The molecular weight excluding hydrogens is 244 g/mol. The largest absolute Gasteiger partial charge is 0.368 e. The molecule has 8 nitrogen and oxygen atoms in total. The van der Waals surface area contributed by atoms with Crippen LogP contribution in [0.2, 0.25) is 0 Å². The Bertz CT molecular complexity index is 547. The second-order valence-electron chi connectivity index (χ2n) is 4.42. The molecule has 2 aromatic rings. The van der Waals surface area contributed by atoms with Crippen LogP contribution in [0.15, 0.2) is 12.4 Å². The van der Waals surface area contributed by atoms with E-state index < -0.39 is 0 Å². The zero-order valence-electron chi connectivity index (χ0n) is 11.3. The Morgan fingerprint density at radius 1 is 1.32 bits per heavy atom. The number of nitrogens with two attached hydrogens (primary N) is 1. The van der Waals surface area contributed by atoms with Crippen LogP contribution >= 0.6 is 0 Å². The van der Waals surface area contributed by atoms with Crippen molar-refractivity contribution in [2.24, 2.45) is 0 Å². The quantitative estimate of drug-likeness (QED) is 0.790. The third-order valence-corrected chi connectivity index (χ3v) is 2.43. The summed E-state index contributed by atoms with van der Waals surface area (Å²) < 4.78 is 1.86. The van der Waals surface area contributed by atoms with Crippen LogP contribution in [0.1, 0.15) is 5.56 Å². The van der Waals surface area contributed by atoms with Crippen LogP contribution in [0.5, 0.6) is 0 Å². The van der Waals surface area contributed by atoms with Crippen molar-refractivity contribution < 1.29 is 0 Å². The summed E-state index contributed by atoms with van der Waals surface area (Å²) in [4.78, 5) is 14.1. The van der Waals surface area contributed by atoms with Gasteiger partial charge in [0.25, 0.3) is 0 Å². The van der Waals surface area contributed by atoms with Gasteiger partial charge >= 0.3 is 0 Å². The van der Waals surface area contributed by atoms with Crippen molar-refractivity contribution in [2.45, 2.75) is 13.5 Å². The number of hydrogen-bond donors (Lipinski definition) is 2. The molecule has 3 N–H and O–H groups in total. The smallest absolute Gasteiger partial charge is 0.231 e. The van der Waals surface area contributed by atoms with Gasteiger partial charge < -0.3 is 16.0 Å². The molecule has 102 valence electrons. The van der Waals surface area contributed by atoms with Crippen LogP contribution in [0, 0.1) is 6.92 Å². The van der Waals surface area contributed by atoms with Gasteiger partial charge in [-0.15, -0.1) is 0 Å². The summed E-state index contributed by atoms with van der Waals surface area (Å²) in [5.74, 6) is 1.21. The fourth-order valence-corrected chi connectivity index (χ4v) is 1.53. The molecule has 0 saturated heterocycles. The molecule has 0 unspecified atom stereocenters. The Hall–Kier alpha value is -2.38. The minimum atomic E-state index is 0.205. The van der Waals surface area contributed by atoms with Gasteiger partial charge in [0.05, 0.1) is 12.7 Å². The van der Waals surface area contributed by atoms with Crippen molar-refractivity contribution in [2.75, 3.05) is 36.6 Å². The van der Waals surface area contributed by atoms with Crippen LogP contribution < -0.4 is 16.0 Å². The molecular formula is C11H18N8. The third-order valence-electron chi connectivity index (χ3n) is 2.43. The normalized spacial score (nSPS) is 10.5. The van der Waals surface area contributed by atoms with Crippen molar-refractivity contribution in [3.8, 4) is 0 Å². The molecule has 0 aromatic carbocycles. The molecule has 0 aliphatic rings. The Balaban J connectivity index is 1.95. The Morgan fingerprint density at radius 3 is 2.74 bits per heavy atom. The standard InChI is InChI=1S/C11H18N8/c1-8-6-14-19(7-8)5-4-13-10-15-9(12)16-11(17-10)18(2)3/h6-7H,4-5H2,1-3H3,(H3,12,13,15,16,17). The van der Waals surface area contributed by atoms with Crippen LogP contribution in [-0.4, -0.2) is 45.4 Å². The highest BCUT2D eigenvalue weighted by Crippen LogP contribution is 2.08. The molecule has 0 aliphatic heterocycles. The lowest BCUT2D eigenvalue weighted by Crippen LogP contribution is -2.18. The highest BCUT2D eigenvalue weighted by Gasteiger charge is 2.05. The number of aryl methyl sites for hydroxylation is 1. The van der Waals surface area contributed by atoms with E-state index in [1.165, 1.54) is 0 Å². The topological polar surface area (TPSA) is 97.8 Å². The van der Waals surface area contributed by atoms with E-state index in [4.69, 9.17) is 5.73 Å². The van der Waals surface area contributed by atoms with Crippen LogP contribution in [0.4, 0.5) is 17.8 Å². The number of hydrogen-bond acceptors (Lipinski definition) is 7. The molecule has 2 rings (SSSR count). The molecule has 19 heavy (non-hydrogen) atoms. The minimum Gasteiger partial charge on any atom is -0.368 e. The number of nitrogen functional groups attached to an aromatic ring is 1. The lowest BCUT2D eigenvalue weighted by Gasteiger charge is -2.12. The monoisotopic (exact) mass is 262 g/mol. The van der Waals surface area contributed by atoms with E-state index in [-0.39, 0.29) is 5.95 Å². The van der Waals surface area contributed by atoms with Gasteiger partial charge in [0.2, 0.25) is 17.8 Å². The first kappa shape index (κ1) is 13.1. The Kier molecular flexibility index (Phi) is 3.79. The molecule has 0 atom stereocenters. The Labute approximate surface area is 111 Å². The molecule has 0 radical (unpaired) electrons. The number of rotatable bonds is 5. The minimum absolute atomic E-state index is 0.205. The second kappa shape index (κ2) is 5.51. The first-order valence-electron chi connectivity index (χ1n) is 5.96. The zero-order valence-corrected chi connectivity index (χ0v) is 11.3. The SMILES string of the molecule is Cc1cnn(CCNc2nc(N)nc(N(C)C)n2)c1. The molecule has 2 aromatic heterocycles. The zero-order chi connectivity index (χ0) is 13.8. The van der Waals surface area contributed by atoms with Gasteiger partial charge in [-0.3, -0.25) is 4.68 Å². The van der Waals surface area contributed by atoms with Crippen LogP contribution in [-0.2, 0) is 6.54 Å². The molecule has 0 saturated carbocycles. The van der Waals surface area contributed by atoms with Gasteiger partial charge in [-0.2, -0.15) is 20.1 Å². The summed E-state index contributed by atoms with van der Waals surface area (Å²) in [5.41, 5.74) is 6.78. The molecule has 0 bridgehead atoms. The van der Waals surface area contributed by atoms with Gasteiger partial charge in [-0.1, -0.05) is 0 Å². The van der Waals surface area contributed by atoms with E-state index in [0.29, 0.717) is 18.4 Å². The van der Waals surface area contributed by atoms with E-state index in [9.17, 15) is 0 Å². The molecule has 2 heterocycles. The van der Waals surface area contributed by atoms with E-state index in [1.807, 2.05) is 38.1 Å². The van der Waals surface area contributed by atoms with Gasteiger partial charge in [-0.05, 0) is 12.5 Å². The maximum Gasteiger partial charge on any atom is 0.231 e. The van der Waals surface area contributed by atoms with Gasteiger partial charge in [0.1, 0.15) is 0 Å². The lowest BCUT2D eigenvalue weighted by atomic mass is 10.4. The van der Waals surface area contributed by atoms with Crippen molar-refractivity contribution in [3.05, 3.63) is 18.0 Å². The van der Waals surface area contributed by atoms with Gasteiger partial charge in [-0.25, -0.2) is 0 Å². The highest BCUT2D eigenvalue weighted by molar-refractivity contribution is 5.40. The fourth-order valence-electron chi connectivity index (χ4n) is 1.53. The van der Waals surface area contributed by atoms with Gasteiger partial charge in [0, 0.05) is 26.8 Å². The summed E-state index contributed by atoms with van der Waals surface area (Å²) in [7, 11) is 3.70. The number of aromatic nitrogens is 5. The average molecular weight is 262 g/mol. The highest BCUT2D eigenvalue weighted by atomic mass is 15.3. The fraction of sp³-hybridized carbons (Fsp3) is 0.455. The molecule has 0 spiro atoms. The van der Waals surface area contributed by atoms with E-state index >= 15 is 0 Å². The van der Waals surface area contributed by atoms with Gasteiger partial charge in [0.15, 0.2) is 0 Å². The van der Waals surface area contributed by atoms with E-state index in [0.717, 1.165) is 12.1 Å². The maximum absolute atomic E-state index is 5.64. The number of anilines is 3. The number of nitrogens with one attached hydrogen (secondary N) is 1. The number of nitrogens with zero attached hydrogens (tertiary/aromatic N) is 6. The summed E-state index contributed by atoms with van der Waals surface area (Å²) in [5, 5.41) is 7.31. The average Bonchev–Trinajstić information content (AvgIpc) is 2.74. The van der Waals surface area contributed by atoms with E-state index in [1.54, 1.807) is 4.90 Å². The predicted molar refractivity (Wildman–Crippen MR) is 74.0 cm³/mol. The second-order valence-corrected chi connectivity index (χ2v) is 4.42. The van der Waals surface area contributed by atoms with Crippen LogP contribution in [0.25, 0.3) is 0 Å². The summed E-state index contributed by atoms with van der Waals surface area (Å²) in [6.45, 7) is 3.40. The first-order valence-corrected chi connectivity index (χ1v) is 5.96. The predicted octanol–water partition coefficient (Wildman–Crippen LogP) is 0.137. The maximum atomic E-state index is 5.64. The Morgan fingerprint density at radius 2 is 2.11 bits per heavy atom. The summed E-state index contributed by atoms with van der Waals surface area (Å²) in [6.07, 6.45) is 3.81. The first-order chi connectivity index (χ1) is 9.04. The summed E-state index contributed by atoms with van der Waals surface area (Å²) >= 11 is 0. The van der Waals surface area contributed by atoms with Crippen molar-refractivity contribution in [3.63, 3.8) is 0 Å².